The van der Waals surface area contributed by atoms with Crippen molar-refractivity contribution in [3.63, 3.8) is 0 Å². The lowest BCUT2D eigenvalue weighted by Crippen LogP contribution is -2.61. The van der Waals surface area contributed by atoms with Crippen molar-refractivity contribution in [2.75, 3.05) is 27.2 Å². The Kier molecular flexibility index (Phi) is 3.41. The fourth-order valence-corrected chi connectivity index (χ4v) is 2.22. The van der Waals surface area contributed by atoms with Crippen LogP contribution in [0.25, 0.3) is 0 Å². The van der Waals surface area contributed by atoms with Crippen molar-refractivity contribution in [3.8, 4) is 0 Å². The van der Waals surface area contributed by atoms with Gasteiger partial charge in [0.25, 0.3) is 5.91 Å². The first-order valence-electron chi connectivity index (χ1n) is 6.13. The van der Waals surface area contributed by atoms with Crippen LogP contribution in [0.4, 0.5) is 0 Å². The molecule has 1 aromatic carbocycles. The van der Waals surface area contributed by atoms with E-state index in [-0.39, 0.29) is 5.91 Å². The molecule has 4 nitrogen and oxygen atoms in total. The van der Waals surface area contributed by atoms with E-state index in [1.807, 2.05) is 38.4 Å². The summed E-state index contributed by atoms with van der Waals surface area (Å²) in [5.74, 6) is -0.00192. The number of β-amino-alcohol motifs (C(OH)–C–C–N with tert-alkyl or cyclic N) is 1. The average Bonchev–Trinajstić information content (AvgIpc) is 2.25. The summed E-state index contributed by atoms with van der Waals surface area (Å²) in [5.41, 5.74) is 1.17. The van der Waals surface area contributed by atoms with Gasteiger partial charge in [0.1, 0.15) is 0 Å². The zero-order valence-electron chi connectivity index (χ0n) is 11.2. The highest BCUT2D eigenvalue weighted by Gasteiger charge is 2.39. The maximum absolute atomic E-state index is 12.1. The molecule has 0 aliphatic carbocycles. The SMILES string of the molecule is CN(C)Cc1ccc(C(=O)N2CC(C)(O)C2)cc1. The number of nitrogens with zero attached hydrogens (tertiary/aromatic N) is 2. The van der Waals surface area contributed by atoms with Gasteiger partial charge >= 0.3 is 0 Å². The highest BCUT2D eigenvalue weighted by molar-refractivity contribution is 5.94. The molecule has 4 heteroatoms. The van der Waals surface area contributed by atoms with Crippen molar-refractivity contribution in [2.24, 2.45) is 0 Å². The first-order chi connectivity index (χ1) is 8.37. The Morgan fingerprint density at radius 2 is 1.89 bits per heavy atom. The van der Waals surface area contributed by atoms with Crippen molar-refractivity contribution >= 4 is 5.91 Å². The fourth-order valence-electron chi connectivity index (χ4n) is 2.22. The fraction of sp³-hybridized carbons (Fsp3) is 0.500. The van der Waals surface area contributed by atoms with Gasteiger partial charge in [-0.25, -0.2) is 0 Å². The van der Waals surface area contributed by atoms with Gasteiger partial charge in [-0.2, -0.15) is 0 Å². The number of aliphatic hydroxyl groups is 1. The summed E-state index contributed by atoms with van der Waals surface area (Å²) in [4.78, 5) is 15.8. The van der Waals surface area contributed by atoms with Crippen LogP contribution in [0, 0.1) is 0 Å². The van der Waals surface area contributed by atoms with E-state index in [4.69, 9.17) is 0 Å². The molecule has 0 saturated carbocycles. The number of amides is 1. The molecule has 1 aliphatic heterocycles. The molecule has 0 aromatic heterocycles. The van der Waals surface area contributed by atoms with E-state index in [1.165, 1.54) is 5.56 Å². The molecule has 0 unspecified atom stereocenters. The summed E-state index contributed by atoms with van der Waals surface area (Å²) in [7, 11) is 4.03. The van der Waals surface area contributed by atoms with Gasteiger partial charge in [-0.05, 0) is 38.7 Å². The molecule has 2 rings (SSSR count). The highest BCUT2D eigenvalue weighted by atomic mass is 16.3. The van der Waals surface area contributed by atoms with Crippen LogP contribution in [0.1, 0.15) is 22.8 Å². The van der Waals surface area contributed by atoms with E-state index >= 15 is 0 Å². The van der Waals surface area contributed by atoms with Crippen molar-refractivity contribution in [2.45, 2.75) is 19.1 Å². The zero-order valence-corrected chi connectivity index (χ0v) is 11.2. The maximum Gasteiger partial charge on any atom is 0.254 e. The van der Waals surface area contributed by atoms with E-state index in [0.717, 1.165) is 6.54 Å². The highest BCUT2D eigenvalue weighted by Crippen LogP contribution is 2.22. The molecule has 1 fully saturated rings. The summed E-state index contributed by atoms with van der Waals surface area (Å²) >= 11 is 0. The smallest absolute Gasteiger partial charge is 0.254 e. The maximum atomic E-state index is 12.1. The second-order valence-corrected chi connectivity index (χ2v) is 5.59. The molecular formula is C14H20N2O2. The molecular weight excluding hydrogens is 228 g/mol. The molecule has 18 heavy (non-hydrogen) atoms. The molecule has 0 atom stereocenters. The van der Waals surface area contributed by atoms with Gasteiger partial charge in [0.2, 0.25) is 0 Å². The number of carbonyl (C=O) groups excluding carboxylic acids is 1. The molecule has 98 valence electrons. The summed E-state index contributed by atoms with van der Waals surface area (Å²) < 4.78 is 0. The van der Waals surface area contributed by atoms with E-state index < -0.39 is 5.60 Å². The lowest BCUT2D eigenvalue weighted by Gasteiger charge is -2.44. The van der Waals surface area contributed by atoms with Crippen LogP contribution < -0.4 is 0 Å². The van der Waals surface area contributed by atoms with Gasteiger partial charge < -0.3 is 14.9 Å². The lowest BCUT2D eigenvalue weighted by atomic mass is 9.96. The van der Waals surface area contributed by atoms with Crippen molar-refractivity contribution < 1.29 is 9.90 Å². The monoisotopic (exact) mass is 248 g/mol. The molecule has 0 bridgehead atoms. The minimum absolute atomic E-state index is 0.00192. The number of rotatable bonds is 3. The third kappa shape index (κ3) is 2.89. The Morgan fingerprint density at radius 1 is 1.33 bits per heavy atom. The van der Waals surface area contributed by atoms with E-state index in [9.17, 15) is 9.90 Å². The second-order valence-electron chi connectivity index (χ2n) is 5.59. The molecule has 1 aromatic rings. The van der Waals surface area contributed by atoms with Crippen LogP contribution in [0.2, 0.25) is 0 Å². The summed E-state index contributed by atoms with van der Waals surface area (Å²) in [6, 6.07) is 7.67. The van der Waals surface area contributed by atoms with Crippen LogP contribution in [0.15, 0.2) is 24.3 Å². The first kappa shape index (κ1) is 13.1. The zero-order chi connectivity index (χ0) is 13.3. The molecule has 1 amide bonds. The largest absolute Gasteiger partial charge is 0.386 e. The van der Waals surface area contributed by atoms with E-state index in [0.29, 0.717) is 18.7 Å². The van der Waals surface area contributed by atoms with Crippen LogP contribution >= 0.6 is 0 Å². The van der Waals surface area contributed by atoms with Crippen LogP contribution in [0.5, 0.6) is 0 Å². The number of hydrogen-bond donors (Lipinski definition) is 1. The quantitative estimate of drug-likeness (QED) is 0.866. The van der Waals surface area contributed by atoms with Gasteiger partial charge in [-0.1, -0.05) is 12.1 Å². The number of carbonyl (C=O) groups is 1. The van der Waals surface area contributed by atoms with Crippen LogP contribution in [-0.4, -0.2) is 53.6 Å². The molecule has 1 heterocycles. The van der Waals surface area contributed by atoms with Crippen molar-refractivity contribution in [1.29, 1.82) is 0 Å². The number of likely N-dealkylation sites (tertiary alicyclic amines) is 1. The third-order valence-electron chi connectivity index (χ3n) is 3.05. The summed E-state index contributed by atoms with van der Waals surface area (Å²) in [6.45, 7) is 3.46. The molecule has 0 spiro atoms. The molecule has 1 N–H and O–H groups in total. The Bertz CT molecular complexity index is 430. The Hall–Kier alpha value is -1.39. The topological polar surface area (TPSA) is 43.8 Å². The molecule has 0 radical (unpaired) electrons. The number of benzene rings is 1. The van der Waals surface area contributed by atoms with Gasteiger partial charge in [-0.15, -0.1) is 0 Å². The lowest BCUT2D eigenvalue weighted by molar-refractivity contribution is -0.0668. The van der Waals surface area contributed by atoms with Crippen LogP contribution in [-0.2, 0) is 6.54 Å². The number of hydrogen-bond acceptors (Lipinski definition) is 3. The van der Waals surface area contributed by atoms with Gasteiger partial charge in [-0.3, -0.25) is 4.79 Å². The Morgan fingerprint density at radius 3 is 2.33 bits per heavy atom. The van der Waals surface area contributed by atoms with Crippen LogP contribution in [0.3, 0.4) is 0 Å². The van der Waals surface area contributed by atoms with Crippen molar-refractivity contribution in [1.82, 2.24) is 9.80 Å². The standard InChI is InChI=1S/C14H20N2O2/c1-14(18)9-16(10-14)13(17)12-6-4-11(5-7-12)8-15(2)3/h4-7,18H,8-10H2,1-3H3. The Balaban J connectivity index is 1.99. The molecule has 1 saturated heterocycles. The predicted molar refractivity (Wildman–Crippen MR) is 70.4 cm³/mol. The average molecular weight is 248 g/mol. The van der Waals surface area contributed by atoms with Crippen molar-refractivity contribution in [3.05, 3.63) is 35.4 Å². The minimum Gasteiger partial charge on any atom is -0.386 e. The first-order valence-corrected chi connectivity index (χ1v) is 6.13. The van der Waals surface area contributed by atoms with E-state index in [1.54, 1.807) is 11.8 Å². The van der Waals surface area contributed by atoms with E-state index in [2.05, 4.69) is 4.90 Å². The summed E-state index contributed by atoms with van der Waals surface area (Å²) in [6.07, 6.45) is 0. The Labute approximate surface area is 108 Å². The summed E-state index contributed by atoms with van der Waals surface area (Å²) in [5, 5.41) is 9.62. The third-order valence-corrected chi connectivity index (χ3v) is 3.05. The van der Waals surface area contributed by atoms with Gasteiger partial charge in [0.05, 0.1) is 18.7 Å². The normalized spacial score (nSPS) is 17.7. The predicted octanol–water partition coefficient (Wildman–Crippen LogP) is 0.955. The molecule has 1 aliphatic rings. The minimum atomic E-state index is -0.708. The second kappa shape index (κ2) is 4.71. The van der Waals surface area contributed by atoms with Gasteiger partial charge in [0, 0.05) is 12.1 Å². The van der Waals surface area contributed by atoms with Gasteiger partial charge in [0.15, 0.2) is 0 Å².